The lowest BCUT2D eigenvalue weighted by molar-refractivity contribution is -0.131. The van der Waals surface area contributed by atoms with Gasteiger partial charge in [-0.15, -0.1) is 0 Å². The number of urea groups is 1. The molecule has 0 radical (unpaired) electrons. The van der Waals surface area contributed by atoms with Gasteiger partial charge in [-0.1, -0.05) is 30.3 Å². The molecule has 2 aromatic carbocycles. The Kier molecular flexibility index (Phi) is 5.40. The third kappa shape index (κ3) is 3.98. The van der Waals surface area contributed by atoms with Gasteiger partial charge in [-0.05, 0) is 49.6 Å². The lowest BCUT2D eigenvalue weighted by Crippen LogP contribution is -2.41. The minimum atomic E-state index is -3.34. The summed E-state index contributed by atoms with van der Waals surface area (Å²) in [5, 5.41) is 2.71. The molecule has 0 bridgehead atoms. The summed E-state index contributed by atoms with van der Waals surface area (Å²) in [7, 11) is -3.34. The molecule has 1 fully saturated rings. The summed E-state index contributed by atoms with van der Waals surface area (Å²) in [5.41, 5.74) is 1.23. The van der Waals surface area contributed by atoms with E-state index in [-0.39, 0.29) is 18.0 Å². The normalized spacial score (nSPS) is 19.4. The first-order valence-corrected chi connectivity index (χ1v) is 11.1. The molecule has 3 amide bonds. The molecule has 8 heteroatoms. The van der Waals surface area contributed by atoms with E-state index in [1.807, 2.05) is 32.0 Å². The van der Waals surface area contributed by atoms with Gasteiger partial charge in [0.15, 0.2) is 9.84 Å². The molecule has 1 aliphatic heterocycles. The van der Waals surface area contributed by atoms with Crippen LogP contribution < -0.4 is 10.1 Å². The summed E-state index contributed by atoms with van der Waals surface area (Å²) in [6, 6.07) is 11.3. The van der Waals surface area contributed by atoms with Gasteiger partial charge >= 0.3 is 6.03 Å². The largest absolute Gasteiger partial charge is 0.491 e. The third-order valence-corrected chi connectivity index (χ3v) is 6.23. The van der Waals surface area contributed by atoms with Crippen molar-refractivity contribution < 1.29 is 22.7 Å². The maximum atomic E-state index is 13.0. The van der Waals surface area contributed by atoms with Gasteiger partial charge in [0.1, 0.15) is 17.9 Å². The monoisotopic (exact) mass is 416 g/mol. The Hall–Kier alpha value is -2.87. The first kappa shape index (κ1) is 20.9. The maximum Gasteiger partial charge on any atom is 0.325 e. The Balaban J connectivity index is 1.73. The molecule has 154 valence electrons. The molecular weight excluding hydrogens is 392 g/mol. The first-order chi connectivity index (χ1) is 13.5. The number of ether oxygens (including phenoxy) is 1. The smallest absolute Gasteiger partial charge is 0.325 e. The zero-order valence-corrected chi connectivity index (χ0v) is 17.7. The fourth-order valence-electron chi connectivity index (χ4n) is 3.40. The number of hydrogen-bond acceptors (Lipinski definition) is 5. The number of carbonyl (C=O) groups is 2. The molecule has 1 aliphatic rings. The number of hydrogen-bond donors (Lipinski definition) is 1. The number of nitrogens with one attached hydrogen (secondary N) is 1. The van der Waals surface area contributed by atoms with E-state index in [9.17, 15) is 18.0 Å². The van der Waals surface area contributed by atoms with E-state index in [4.69, 9.17) is 4.74 Å². The van der Waals surface area contributed by atoms with Crippen molar-refractivity contribution in [2.24, 2.45) is 0 Å². The van der Waals surface area contributed by atoms with Crippen molar-refractivity contribution in [1.82, 2.24) is 10.2 Å². The molecule has 0 saturated carbocycles. The number of aryl methyl sites for hydroxylation is 2. The van der Waals surface area contributed by atoms with Crippen LogP contribution in [0.3, 0.4) is 0 Å². The molecule has 1 N–H and O–H groups in total. The summed E-state index contributed by atoms with van der Waals surface area (Å²) >= 11 is 0. The van der Waals surface area contributed by atoms with Crippen LogP contribution in [0.5, 0.6) is 5.75 Å². The Morgan fingerprint density at radius 2 is 1.62 bits per heavy atom. The minimum absolute atomic E-state index is 0.107. The molecule has 0 spiro atoms. The van der Waals surface area contributed by atoms with Crippen LogP contribution in [0.15, 0.2) is 47.4 Å². The number of sulfone groups is 1. The van der Waals surface area contributed by atoms with Crippen molar-refractivity contribution >= 4 is 21.8 Å². The molecule has 1 atom stereocenters. The molecule has 7 nitrogen and oxygen atoms in total. The second kappa shape index (κ2) is 7.51. The van der Waals surface area contributed by atoms with Crippen molar-refractivity contribution in [2.75, 3.05) is 19.4 Å². The van der Waals surface area contributed by atoms with Gasteiger partial charge in [-0.25, -0.2) is 13.2 Å². The highest BCUT2D eigenvalue weighted by Gasteiger charge is 2.48. The summed E-state index contributed by atoms with van der Waals surface area (Å²) in [4.78, 5) is 26.7. The van der Waals surface area contributed by atoms with Crippen LogP contribution in [0.2, 0.25) is 0 Å². The summed E-state index contributed by atoms with van der Waals surface area (Å²) in [6.07, 6.45) is 1.12. The third-order valence-electron chi connectivity index (χ3n) is 5.10. The number of nitrogens with zero attached hydrogens (tertiary/aromatic N) is 1. The summed E-state index contributed by atoms with van der Waals surface area (Å²) < 4.78 is 29.1. The molecule has 0 unspecified atom stereocenters. The number of carbonyl (C=O) groups excluding carboxylic acids is 2. The van der Waals surface area contributed by atoms with Crippen molar-refractivity contribution in [3.63, 3.8) is 0 Å². The predicted octanol–water partition coefficient (Wildman–Crippen LogP) is 2.55. The van der Waals surface area contributed by atoms with Crippen LogP contribution in [0.25, 0.3) is 0 Å². The van der Waals surface area contributed by atoms with Gasteiger partial charge in [0.2, 0.25) is 0 Å². The van der Waals surface area contributed by atoms with Gasteiger partial charge in [0.05, 0.1) is 11.4 Å². The van der Waals surface area contributed by atoms with E-state index in [1.165, 1.54) is 12.1 Å². The van der Waals surface area contributed by atoms with Crippen LogP contribution >= 0.6 is 0 Å². The van der Waals surface area contributed by atoms with Gasteiger partial charge in [-0.3, -0.25) is 9.69 Å². The van der Waals surface area contributed by atoms with E-state index < -0.39 is 27.3 Å². The predicted molar refractivity (Wildman–Crippen MR) is 109 cm³/mol. The van der Waals surface area contributed by atoms with Gasteiger partial charge in [0.25, 0.3) is 5.91 Å². The van der Waals surface area contributed by atoms with Crippen LogP contribution in [0, 0.1) is 13.8 Å². The van der Waals surface area contributed by atoms with E-state index >= 15 is 0 Å². The van der Waals surface area contributed by atoms with Crippen LogP contribution in [0.1, 0.15) is 23.6 Å². The second-order valence-corrected chi connectivity index (χ2v) is 9.39. The van der Waals surface area contributed by atoms with Gasteiger partial charge in [0, 0.05) is 6.26 Å². The maximum absolute atomic E-state index is 13.0. The highest BCUT2D eigenvalue weighted by Crippen LogP contribution is 2.30. The summed E-state index contributed by atoms with van der Waals surface area (Å²) in [6.45, 7) is 5.76. The minimum Gasteiger partial charge on any atom is -0.491 e. The van der Waals surface area contributed by atoms with E-state index in [2.05, 4.69) is 5.32 Å². The molecule has 2 aromatic rings. The van der Waals surface area contributed by atoms with Crippen LogP contribution in [-0.4, -0.2) is 44.7 Å². The molecule has 0 aliphatic carbocycles. The lowest BCUT2D eigenvalue weighted by atomic mass is 9.92. The average molecular weight is 416 g/mol. The highest BCUT2D eigenvalue weighted by atomic mass is 32.2. The van der Waals surface area contributed by atoms with Crippen molar-refractivity contribution in [3.8, 4) is 5.75 Å². The standard InChI is InChI=1S/C21H24N2O5S/c1-14-6-5-7-15(2)18(14)28-13-12-23-19(24)21(3,22-20(23)25)16-8-10-17(11-9-16)29(4,26)27/h5-11H,12-13H2,1-4H3,(H,22,25)/t21-/m1/s1. The Morgan fingerprint density at radius 1 is 1.03 bits per heavy atom. The molecule has 1 saturated heterocycles. The number of imide groups is 1. The Morgan fingerprint density at radius 3 is 2.17 bits per heavy atom. The first-order valence-electron chi connectivity index (χ1n) is 9.18. The Bertz CT molecular complexity index is 1040. The number of rotatable bonds is 6. The topological polar surface area (TPSA) is 92.8 Å². The SMILES string of the molecule is Cc1cccc(C)c1OCCN1C(=O)N[C@](C)(c2ccc(S(C)(=O)=O)cc2)C1=O. The molecular formula is C21H24N2O5S. The zero-order valence-electron chi connectivity index (χ0n) is 16.9. The number of amides is 3. The highest BCUT2D eigenvalue weighted by molar-refractivity contribution is 7.90. The van der Waals surface area contributed by atoms with Crippen LogP contribution in [-0.2, 0) is 20.2 Å². The number of para-hydroxylation sites is 1. The average Bonchev–Trinajstić information content (AvgIpc) is 2.87. The van der Waals surface area contributed by atoms with Crippen molar-refractivity contribution in [3.05, 3.63) is 59.2 Å². The number of benzene rings is 2. The second-order valence-electron chi connectivity index (χ2n) is 7.38. The van der Waals surface area contributed by atoms with Crippen molar-refractivity contribution in [2.45, 2.75) is 31.2 Å². The van der Waals surface area contributed by atoms with E-state index in [1.54, 1.807) is 19.1 Å². The lowest BCUT2D eigenvalue weighted by Gasteiger charge is -2.22. The molecule has 29 heavy (non-hydrogen) atoms. The quantitative estimate of drug-likeness (QED) is 0.731. The molecule has 0 aromatic heterocycles. The van der Waals surface area contributed by atoms with E-state index in [0.717, 1.165) is 28.0 Å². The zero-order chi connectivity index (χ0) is 21.4. The van der Waals surface area contributed by atoms with Gasteiger partial charge in [-0.2, -0.15) is 0 Å². The van der Waals surface area contributed by atoms with Crippen molar-refractivity contribution in [1.29, 1.82) is 0 Å². The summed E-state index contributed by atoms with van der Waals surface area (Å²) in [5.74, 6) is 0.346. The molecule has 3 rings (SSSR count). The Labute approximate surface area is 170 Å². The van der Waals surface area contributed by atoms with E-state index in [0.29, 0.717) is 5.56 Å². The fraction of sp³-hybridized carbons (Fsp3) is 0.333. The van der Waals surface area contributed by atoms with Crippen LogP contribution in [0.4, 0.5) is 4.79 Å². The molecule has 1 heterocycles. The van der Waals surface area contributed by atoms with Gasteiger partial charge < -0.3 is 10.1 Å². The fourth-order valence-corrected chi connectivity index (χ4v) is 4.03.